The van der Waals surface area contributed by atoms with Crippen molar-refractivity contribution in [3.63, 3.8) is 0 Å². The molecule has 1 atom stereocenters. The van der Waals surface area contributed by atoms with Crippen molar-refractivity contribution in [2.75, 3.05) is 26.9 Å². The topological polar surface area (TPSA) is 56.8 Å². The van der Waals surface area contributed by atoms with Gasteiger partial charge in [-0.3, -0.25) is 4.79 Å². The molecule has 0 saturated carbocycles. The van der Waals surface area contributed by atoms with E-state index in [1.807, 2.05) is 12.1 Å². The summed E-state index contributed by atoms with van der Waals surface area (Å²) < 4.78 is 16.5. The summed E-state index contributed by atoms with van der Waals surface area (Å²) in [6.45, 7) is 2.37. The minimum atomic E-state index is -0.857. The van der Waals surface area contributed by atoms with Crippen molar-refractivity contribution < 1.29 is 19.0 Å². The van der Waals surface area contributed by atoms with Crippen LogP contribution in [0.2, 0.25) is 10.0 Å². The molecule has 31 heavy (non-hydrogen) atoms. The van der Waals surface area contributed by atoms with Crippen LogP contribution in [0.4, 0.5) is 0 Å². The number of hydrogen-bond donors (Lipinski definition) is 1. The lowest BCUT2D eigenvalue weighted by Crippen LogP contribution is -2.32. The van der Waals surface area contributed by atoms with Crippen molar-refractivity contribution in [2.45, 2.75) is 19.4 Å². The molecule has 5 nitrogen and oxygen atoms in total. The summed E-state index contributed by atoms with van der Waals surface area (Å²) >= 11 is 12.1. The van der Waals surface area contributed by atoms with Crippen LogP contribution in [0, 0.1) is 24.2 Å². The predicted molar refractivity (Wildman–Crippen MR) is 123 cm³/mol. The molecule has 2 aromatic rings. The molecule has 0 heterocycles. The highest BCUT2D eigenvalue weighted by atomic mass is 35.5. The van der Waals surface area contributed by atoms with Crippen LogP contribution in [0.25, 0.3) is 0 Å². The molecule has 2 rings (SSSR count). The highest BCUT2D eigenvalue weighted by Crippen LogP contribution is 2.29. The molecule has 0 bridgehead atoms. The van der Waals surface area contributed by atoms with Crippen molar-refractivity contribution in [3.8, 4) is 35.7 Å². The molecule has 7 heteroatoms. The van der Waals surface area contributed by atoms with Crippen LogP contribution < -0.4 is 14.8 Å². The zero-order chi connectivity index (χ0) is 22.6. The summed E-state index contributed by atoms with van der Waals surface area (Å²) in [5, 5.41) is 3.64. The number of nitrogens with one attached hydrogen (secondary N) is 1. The SMILES string of the molecule is C#CCOc1ccc(CCNC(=O)C(OCC#CC)c2ccc(Cl)c(Cl)c2)cc1OC. The Morgan fingerprint density at radius 1 is 1.13 bits per heavy atom. The lowest BCUT2D eigenvalue weighted by Gasteiger charge is -2.18. The van der Waals surface area contributed by atoms with Crippen LogP contribution in [-0.2, 0) is 16.0 Å². The number of rotatable bonds is 10. The number of halogens is 2. The second kappa shape index (κ2) is 12.8. The van der Waals surface area contributed by atoms with Crippen LogP contribution >= 0.6 is 23.2 Å². The first-order chi connectivity index (χ1) is 15.0. The van der Waals surface area contributed by atoms with E-state index in [0.717, 1.165) is 5.56 Å². The number of carbonyl (C=O) groups is 1. The fourth-order valence-electron chi connectivity index (χ4n) is 2.72. The van der Waals surface area contributed by atoms with Gasteiger partial charge in [-0.2, -0.15) is 0 Å². The zero-order valence-electron chi connectivity index (χ0n) is 17.3. The molecule has 0 spiro atoms. The van der Waals surface area contributed by atoms with Gasteiger partial charge in [-0.15, -0.1) is 12.3 Å². The summed E-state index contributed by atoms with van der Waals surface area (Å²) in [6, 6.07) is 10.5. The molecule has 1 unspecified atom stereocenters. The van der Waals surface area contributed by atoms with Crippen LogP contribution in [0.5, 0.6) is 11.5 Å². The smallest absolute Gasteiger partial charge is 0.253 e. The number of benzene rings is 2. The first-order valence-electron chi connectivity index (χ1n) is 9.47. The Morgan fingerprint density at radius 3 is 2.61 bits per heavy atom. The Kier molecular flexibility index (Phi) is 10.1. The molecule has 1 N–H and O–H groups in total. The second-order valence-electron chi connectivity index (χ2n) is 6.31. The van der Waals surface area contributed by atoms with Crippen LogP contribution in [0.1, 0.15) is 24.2 Å². The van der Waals surface area contributed by atoms with Crippen LogP contribution in [0.3, 0.4) is 0 Å². The summed E-state index contributed by atoms with van der Waals surface area (Å²) in [5.41, 5.74) is 1.57. The van der Waals surface area contributed by atoms with Crippen molar-refractivity contribution in [2.24, 2.45) is 0 Å². The number of terminal acetylenes is 1. The fraction of sp³-hybridized carbons (Fsp3) is 0.292. The molecular formula is C24H23Cl2NO4. The lowest BCUT2D eigenvalue weighted by atomic mass is 10.1. The van der Waals surface area contributed by atoms with E-state index in [-0.39, 0.29) is 19.1 Å². The second-order valence-corrected chi connectivity index (χ2v) is 7.12. The van der Waals surface area contributed by atoms with Crippen molar-refractivity contribution in [1.82, 2.24) is 5.32 Å². The van der Waals surface area contributed by atoms with Gasteiger partial charge in [0.25, 0.3) is 5.91 Å². The Hall–Kier alpha value is -2.83. The maximum Gasteiger partial charge on any atom is 0.253 e. The quantitative estimate of drug-likeness (QED) is 0.533. The van der Waals surface area contributed by atoms with Gasteiger partial charge >= 0.3 is 0 Å². The third kappa shape index (κ3) is 7.42. The van der Waals surface area contributed by atoms with Crippen LogP contribution in [0.15, 0.2) is 36.4 Å². The molecule has 1 amide bonds. The molecule has 0 aliphatic rings. The van der Waals surface area contributed by atoms with Crippen LogP contribution in [-0.4, -0.2) is 32.8 Å². The monoisotopic (exact) mass is 459 g/mol. The van der Waals surface area contributed by atoms with Gasteiger partial charge in [-0.1, -0.05) is 47.2 Å². The average molecular weight is 460 g/mol. The van der Waals surface area contributed by atoms with E-state index in [1.54, 1.807) is 38.3 Å². The molecule has 0 aliphatic heterocycles. The first kappa shape index (κ1) is 24.4. The van der Waals surface area contributed by atoms with Gasteiger partial charge in [0.2, 0.25) is 0 Å². The van der Waals surface area contributed by atoms with Crippen molar-refractivity contribution in [1.29, 1.82) is 0 Å². The summed E-state index contributed by atoms with van der Waals surface area (Å²) in [5.74, 6) is 8.80. The van der Waals surface area contributed by atoms with Crippen molar-refractivity contribution >= 4 is 29.1 Å². The lowest BCUT2D eigenvalue weighted by molar-refractivity contribution is -0.132. The van der Waals surface area contributed by atoms with E-state index >= 15 is 0 Å². The normalized spacial score (nSPS) is 10.9. The van der Waals surface area contributed by atoms with E-state index < -0.39 is 6.10 Å². The van der Waals surface area contributed by atoms with Crippen molar-refractivity contribution in [3.05, 3.63) is 57.6 Å². The van der Waals surface area contributed by atoms with Gasteiger partial charge in [0.15, 0.2) is 17.6 Å². The number of ether oxygens (including phenoxy) is 3. The van der Waals surface area contributed by atoms with E-state index in [4.69, 9.17) is 43.8 Å². The van der Waals surface area contributed by atoms with E-state index in [9.17, 15) is 4.79 Å². The molecule has 162 valence electrons. The van der Waals surface area contributed by atoms with Gasteiger partial charge in [0.1, 0.15) is 13.2 Å². The largest absolute Gasteiger partial charge is 0.493 e. The molecule has 0 fully saturated rings. The third-order valence-corrected chi connectivity index (χ3v) is 4.97. The molecule has 2 aromatic carbocycles. The van der Waals surface area contributed by atoms with E-state index in [2.05, 4.69) is 23.1 Å². The summed E-state index contributed by atoms with van der Waals surface area (Å²) in [4.78, 5) is 12.8. The van der Waals surface area contributed by atoms with Gasteiger partial charge in [-0.25, -0.2) is 0 Å². The molecule has 0 aromatic heterocycles. The maximum atomic E-state index is 12.8. The fourth-order valence-corrected chi connectivity index (χ4v) is 3.03. The standard InChI is InChI=1S/C24H23Cl2NO4/c1-4-6-14-31-23(18-8-9-19(25)20(26)16-18)24(28)27-12-11-17-7-10-21(30-13-5-2)22(15-17)29-3/h2,7-10,15-16,23H,11-14H2,1,3H3,(H,27,28). The number of methoxy groups -OCH3 is 1. The van der Waals surface area contributed by atoms with Gasteiger partial charge in [-0.05, 0) is 48.7 Å². The Labute approximate surface area is 193 Å². The summed E-state index contributed by atoms with van der Waals surface area (Å²) in [7, 11) is 1.56. The van der Waals surface area contributed by atoms with Gasteiger partial charge in [0, 0.05) is 6.54 Å². The zero-order valence-corrected chi connectivity index (χ0v) is 18.8. The highest BCUT2D eigenvalue weighted by Gasteiger charge is 2.22. The molecule has 0 saturated heterocycles. The minimum Gasteiger partial charge on any atom is -0.493 e. The molecular weight excluding hydrogens is 437 g/mol. The highest BCUT2D eigenvalue weighted by molar-refractivity contribution is 6.42. The van der Waals surface area contributed by atoms with Gasteiger partial charge < -0.3 is 19.5 Å². The Bertz CT molecular complexity index is 1000. The van der Waals surface area contributed by atoms with E-state index in [0.29, 0.717) is 40.1 Å². The number of amides is 1. The van der Waals surface area contributed by atoms with E-state index in [1.165, 1.54) is 0 Å². The Balaban J connectivity index is 2.03. The summed E-state index contributed by atoms with van der Waals surface area (Å²) in [6.07, 6.45) is 4.95. The Morgan fingerprint density at radius 2 is 1.94 bits per heavy atom. The average Bonchev–Trinajstić information content (AvgIpc) is 2.77. The first-order valence-corrected chi connectivity index (χ1v) is 10.2. The number of hydrogen-bond acceptors (Lipinski definition) is 4. The third-order valence-electron chi connectivity index (χ3n) is 4.24. The molecule has 0 radical (unpaired) electrons. The number of carbonyl (C=O) groups excluding carboxylic acids is 1. The maximum absolute atomic E-state index is 12.8. The predicted octanol–water partition coefficient (Wildman–Crippen LogP) is 4.45. The van der Waals surface area contributed by atoms with Gasteiger partial charge in [0.05, 0.1) is 17.2 Å². The minimum absolute atomic E-state index is 0.116. The molecule has 0 aliphatic carbocycles.